The summed E-state index contributed by atoms with van der Waals surface area (Å²) in [5, 5.41) is 15.0. The van der Waals surface area contributed by atoms with Gasteiger partial charge in [0.25, 0.3) is 5.91 Å². The van der Waals surface area contributed by atoms with Gasteiger partial charge in [-0.15, -0.1) is 0 Å². The Morgan fingerprint density at radius 3 is 2.28 bits per heavy atom. The quantitative estimate of drug-likeness (QED) is 0.448. The first kappa shape index (κ1) is 19.7. The molecule has 0 saturated carbocycles. The van der Waals surface area contributed by atoms with Crippen molar-refractivity contribution in [3.63, 3.8) is 0 Å². The van der Waals surface area contributed by atoms with Crippen LogP contribution in [-0.4, -0.2) is 5.91 Å². The lowest BCUT2D eigenvalue weighted by molar-refractivity contribution is -0.112. The van der Waals surface area contributed by atoms with Gasteiger partial charge in [0.15, 0.2) is 0 Å². The molecule has 29 heavy (non-hydrogen) atoms. The number of ether oxygens (including phenoxy) is 1. The van der Waals surface area contributed by atoms with Crippen LogP contribution in [0.25, 0.3) is 0 Å². The van der Waals surface area contributed by atoms with Crippen molar-refractivity contribution in [1.82, 2.24) is 5.32 Å². The number of aryl methyl sites for hydroxylation is 1. The smallest absolute Gasteiger partial charge is 0.267 e. The zero-order valence-electron chi connectivity index (χ0n) is 16.1. The molecule has 3 aromatic rings. The second-order valence-electron chi connectivity index (χ2n) is 6.43. The maximum Gasteiger partial charge on any atom is 0.267 e. The molecule has 5 heteroatoms. The molecular weight excluding hydrogens is 362 g/mol. The summed E-state index contributed by atoms with van der Waals surface area (Å²) in [7, 11) is 0. The molecule has 1 amide bonds. The Balaban J connectivity index is 1.56. The van der Waals surface area contributed by atoms with Gasteiger partial charge in [0, 0.05) is 18.4 Å². The van der Waals surface area contributed by atoms with E-state index in [0.29, 0.717) is 18.0 Å². The highest BCUT2D eigenvalue weighted by atomic mass is 16.5. The van der Waals surface area contributed by atoms with Crippen LogP contribution in [0.3, 0.4) is 0 Å². The largest absolute Gasteiger partial charge is 0.457 e. The van der Waals surface area contributed by atoms with Gasteiger partial charge in [0.2, 0.25) is 0 Å². The Bertz CT molecular complexity index is 1020. The van der Waals surface area contributed by atoms with Crippen LogP contribution in [0.5, 0.6) is 11.5 Å². The minimum absolute atomic E-state index is 0.00160. The Morgan fingerprint density at radius 1 is 0.966 bits per heavy atom. The summed E-state index contributed by atoms with van der Waals surface area (Å²) in [6.45, 7) is 2.56. The Kier molecular flexibility index (Phi) is 6.64. The third-order valence-electron chi connectivity index (χ3n) is 4.13. The fraction of sp³-hybridized carbons (Fsp3) is 0.0833. The first-order valence-electron chi connectivity index (χ1n) is 9.17. The number of hydrogen-bond donors (Lipinski definition) is 2. The topological polar surface area (TPSA) is 74.2 Å². The van der Waals surface area contributed by atoms with Gasteiger partial charge in [-0.05, 0) is 48.9 Å². The molecule has 144 valence electrons. The molecule has 0 saturated heterocycles. The third-order valence-corrected chi connectivity index (χ3v) is 4.13. The number of hydrogen-bond acceptors (Lipinski definition) is 4. The molecule has 0 bridgehead atoms. The number of anilines is 1. The maximum absolute atomic E-state index is 12.3. The van der Waals surface area contributed by atoms with Gasteiger partial charge in [0.1, 0.15) is 23.1 Å². The molecule has 2 N–H and O–H groups in total. The monoisotopic (exact) mass is 383 g/mol. The number of nitrogens with zero attached hydrogens (tertiary/aromatic N) is 1. The SMILES string of the molecule is Cc1ccc(CN/C=C(/C#N)C(=O)Nc2ccc(Oc3ccccc3)cc2)cc1. The molecule has 0 fully saturated rings. The molecule has 3 aromatic carbocycles. The predicted molar refractivity (Wildman–Crippen MR) is 113 cm³/mol. The zero-order chi connectivity index (χ0) is 20.5. The molecule has 0 aliphatic heterocycles. The molecule has 5 nitrogen and oxygen atoms in total. The first-order chi connectivity index (χ1) is 14.1. The summed E-state index contributed by atoms with van der Waals surface area (Å²) in [5.41, 5.74) is 2.83. The molecule has 0 atom stereocenters. The van der Waals surface area contributed by atoms with Gasteiger partial charge in [0.05, 0.1) is 0 Å². The minimum atomic E-state index is -0.472. The van der Waals surface area contributed by atoms with E-state index in [1.165, 1.54) is 11.8 Å². The van der Waals surface area contributed by atoms with Crippen molar-refractivity contribution in [2.75, 3.05) is 5.32 Å². The van der Waals surface area contributed by atoms with E-state index in [-0.39, 0.29) is 5.57 Å². The predicted octanol–water partition coefficient (Wildman–Crippen LogP) is 4.92. The van der Waals surface area contributed by atoms with Crippen LogP contribution in [0.4, 0.5) is 5.69 Å². The lowest BCUT2D eigenvalue weighted by Gasteiger charge is -2.08. The van der Waals surface area contributed by atoms with Gasteiger partial charge in [-0.2, -0.15) is 5.26 Å². The molecule has 0 aliphatic rings. The lowest BCUT2D eigenvalue weighted by atomic mass is 10.1. The standard InChI is InChI=1S/C24H21N3O2/c1-18-7-9-19(10-8-18)16-26-17-20(15-25)24(28)27-21-11-13-23(14-12-21)29-22-5-3-2-4-6-22/h2-14,17,26H,16H2,1H3,(H,27,28)/b20-17-. The van der Waals surface area contributed by atoms with Gasteiger partial charge in [-0.3, -0.25) is 4.79 Å². The molecule has 0 spiro atoms. The molecule has 0 radical (unpaired) electrons. The van der Waals surface area contributed by atoms with Crippen LogP contribution in [0, 0.1) is 18.3 Å². The Hall–Kier alpha value is -4.04. The van der Waals surface area contributed by atoms with Crippen LogP contribution in [0.15, 0.2) is 90.6 Å². The minimum Gasteiger partial charge on any atom is -0.457 e. The number of benzene rings is 3. The van der Waals surface area contributed by atoms with Crippen molar-refractivity contribution in [1.29, 1.82) is 5.26 Å². The second kappa shape index (κ2) is 9.77. The first-order valence-corrected chi connectivity index (χ1v) is 9.17. The molecule has 0 unspecified atom stereocenters. The average molecular weight is 383 g/mol. The number of nitriles is 1. The zero-order valence-corrected chi connectivity index (χ0v) is 16.1. The highest BCUT2D eigenvalue weighted by molar-refractivity contribution is 6.06. The van der Waals surface area contributed by atoms with Gasteiger partial charge < -0.3 is 15.4 Å². The number of para-hydroxylation sites is 1. The van der Waals surface area contributed by atoms with Gasteiger partial charge in [-0.25, -0.2) is 0 Å². The van der Waals surface area contributed by atoms with E-state index in [1.54, 1.807) is 24.3 Å². The van der Waals surface area contributed by atoms with Crippen molar-refractivity contribution in [2.45, 2.75) is 13.5 Å². The summed E-state index contributed by atoms with van der Waals surface area (Å²) >= 11 is 0. The second-order valence-corrected chi connectivity index (χ2v) is 6.43. The van der Waals surface area contributed by atoms with Crippen LogP contribution in [0.1, 0.15) is 11.1 Å². The molecule has 3 rings (SSSR count). The van der Waals surface area contributed by atoms with E-state index in [1.807, 2.05) is 67.6 Å². The van der Waals surface area contributed by atoms with Crippen LogP contribution < -0.4 is 15.4 Å². The van der Waals surface area contributed by atoms with E-state index in [4.69, 9.17) is 4.74 Å². The number of carbonyl (C=O) groups excluding carboxylic acids is 1. The normalized spacial score (nSPS) is 10.7. The summed E-state index contributed by atoms with van der Waals surface area (Å²) in [4.78, 5) is 12.3. The third kappa shape index (κ3) is 5.98. The Labute approximate surface area is 170 Å². The van der Waals surface area contributed by atoms with E-state index < -0.39 is 5.91 Å². The summed E-state index contributed by atoms with van der Waals surface area (Å²) in [6.07, 6.45) is 1.43. The summed E-state index contributed by atoms with van der Waals surface area (Å²) < 4.78 is 5.72. The van der Waals surface area contributed by atoms with Crippen LogP contribution in [-0.2, 0) is 11.3 Å². The molecular formula is C24H21N3O2. The van der Waals surface area contributed by atoms with Crippen molar-refractivity contribution < 1.29 is 9.53 Å². The van der Waals surface area contributed by atoms with Crippen LogP contribution in [0.2, 0.25) is 0 Å². The van der Waals surface area contributed by atoms with Crippen molar-refractivity contribution in [3.05, 3.63) is 102 Å². The summed E-state index contributed by atoms with van der Waals surface area (Å²) in [5.74, 6) is 0.921. The molecule has 0 heterocycles. The molecule has 0 aliphatic carbocycles. The van der Waals surface area contributed by atoms with Crippen molar-refractivity contribution >= 4 is 11.6 Å². The van der Waals surface area contributed by atoms with Gasteiger partial charge in [-0.1, -0.05) is 48.0 Å². The number of rotatable bonds is 7. The number of nitrogens with one attached hydrogen (secondary N) is 2. The number of carbonyl (C=O) groups is 1. The van der Waals surface area contributed by atoms with E-state index >= 15 is 0 Å². The Morgan fingerprint density at radius 2 is 1.62 bits per heavy atom. The van der Waals surface area contributed by atoms with E-state index in [0.717, 1.165) is 11.3 Å². The summed E-state index contributed by atoms with van der Waals surface area (Å²) in [6, 6.07) is 26.4. The van der Waals surface area contributed by atoms with Crippen molar-refractivity contribution in [2.24, 2.45) is 0 Å². The maximum atomic E-state index is 12.3. The lowest BCUT2D eigenvalue weighted by Crippen LogP contribution is -2.16. The molecule has 0 aromatic heterocycles. The fourth-order valence-electron chi connectivity index (χ4n) is 2.55. The average Bonchev–Trinajstić information content (AvgIpc) is 2.74. The number of amides is 1. The van der Waals surface area contributed by atoms with E-state index in [9.17, 15) is 10.1 Å². The fourth-order valence-corrected chi connectivity index (χ4v) is 2.55. The van der Waals surface area contributed by atoms with Crippen molar-refractivity contribution in [3.8, 4) is 17.6 Å². The van der Waals surface area contributed by atoms with Crippen LogP contribution >= 0.6 is 0 Å². The van der Waals surface area contributed by atoms with E-state index in [2.05, 4.69) is 10.6 Å². The van der Waals surface area contributed by atoms with Gasteiger partial charge >= 0.3 is 0 Å². The highest BCUT2D eigenvalue weighted by Crippen LogP contribution is 2.22. The highest BCUT2D eigenvalue weighted by Gasteiger charge is 2.09.